The van der Waals surface area contributed by atoms with Crippen molar-refractivity contribution < 1.29 is 28.7 Å². The molecule has 0 spiro atoms. The monoisotopic (exact) mass is 396 g/mol. The van der Waals surface area contributed by atoms with Gasteiger partial charge in [0.15, 0.2) is 0 Å². The topological polar surface area (TPSA) is 111 Å². The zero-order valence-corrected chi connectivity index (χ0v) is 16.2. The molecule has 1 amide bonds. The maximum atomic E-state index is 12.8. The van der Waals surface area contributed by atoms with Crippen molar-refractivity contribution in [3.05, 3.63) is 70.6 Å². The third-order valence-electron chi connectivity index (χ3n) is 4.33. The maximum Gasteiger partial charge on any atom is 0.335 e. The van der Waals surface area contributed by atoms with E-state index in [0.29, 0.717) is 28.5 Å². The number of methoxy groups -OCH3 is 1. The van der Waals surface area contributed by atoms with Gasteiger partial charge in [-0.05, 0) is 38.1 Å². The second-order valence-electron chi connectivity index (χ2n) is 6.30. The zero-order chi connectivity index (χ0) is 21.0. The molecule has 3 rings (SSSR count). The molecular weight excluding hydrogens is 376 g/mol. The lowest BCUT2D eigenvalue weighted by atomic mass is 10.1. The Bertz CT molecular complexity index is 1040. The number of benzene rings is 2. The highest BCUT2D eigenvalue weighted by Gasteiger charge is 2.16. The van der Waals surface area contributed by atoms with E-state index in [2.05, 4.69) is 10.5 Å². The van der Waals surface area contributed by atoms with Gasteiger partial charge in [0.2, 0.25) is 0 Å². The maximum absolute atomic E-state index is 12.8. The molecule has 0 aliphatic heterocycles. The molecule has 2 aromatic carbocycles. The molecule has 150 valence electrons. The van der Waals surface area contributed by atoms with Crippen LogP contribution in [0.15, 0.2) is 47.0 Å². The highest BCUT2D eigenvalue weighted by Crippen LogP contribution is 2.25. The Hall–Kier alpha value is -3.81. The number of para-hydroxylation sites is 1. The molecule has 0 fully saturated rings. The molecule has 0 unspecified atom stereocenters. The number of aromatic nitrogens is 1. The number of anilines is 1. The van der Waals surface area contributed by atoms with Crippen LogP contribution in [-0.2, 0) is 6.61 Å². The van der Waals surface area contributed by atoms with Crippen LogP contribution in [0.4, 0.5) is 5.69 Å². The molecule has 0 saturated carbocycles. The van der Waals surface area contributed by atoms with Crippen molar-refractivity contribution in [2.24, 2.45) is 0 Å². The van der Waals surface area contributed by atoms with Gasteiger partial charge in [0.25, 0.3) is 5.91 Å². The third-order valence-corrected chi connectivity index (χ3v) is 4.33. The average Bonchev–Trinajstić information content (AvgIpc) is 3.03. The van der Waals surface area contributed by atoms with Crippen LogP contribution in [0.5, 0.6) is 11.5 Å². The van der Waals surface area contributed by atoms with E-state index >= 15 is 0 Å². The van der Waals surface area contributed by atoms with E-state index in [-0.39, 0.29) is 12.2 Å². The van der Waals surface area contributed by atoms with Crippen LogP contribution >= 0.6 is 0 Å². The van der Waals surface area contributed by atoms with E-state index < -0.39 is 11.9 Å². The van der Waals surface area contributed by atoms with Crippen molar-refractivity contribution in [2.75, 3.05) is 12.4 Å². The summed E-state index contributed by atoms with van der Waals surface area (Å²) in [5.41, 5.74) is 2.15. The molecule has 0 bridgehead atoms. The summed E-state index contributed by atoms with van der Waals surface area (Å²) in [7, 11) is 1.42. The number of hydrogen-bond acceptors (Lipinski definition) is 6. The number of aryl methyl sites for hydroxylation is 2. The number of nitrogens with one attached hydrogen (secondary N) is 1. The summed E-state index contributed by atoms with van der Waals surface area (Å²) in [5.74, 6) is -0.206. The Balaban J connectivity index is 1.82. The van der Waals surface area contributed by atoms with E-state index in [1.807, 2.05) is 6.92 Å². The first kappa shape index (κ1) is 19.9. The molecule has 29 heavy (non-hydrogen) atoms. The molecule has 0 aliphatic carbocycles. The molecule has 3 aromatic rings. The van der Waals surface area contributed by atoms with Gasteiger partial charge in [-0.15, -0.1) is 0 Å². The SMILES string of the molecule is COc1cc(NC(=O)c2ccccc2OCc2c(C)noc2C)cc(C(=O)O)c1. The van der Waals surface area contributed by atoms with E-state index in [4.69, 9.17) is 14.0 Å². The summed E-state index contributed by atoms with van der Waals surface area (Å²) in [5, 5.41) is 15.8. The number of ether oxygens (including phenoxy) is 2. The highest BCUT2D eigenvalue weighted by atomic mass is 16.5. The molecular formula is C21H20N2O6. The van der Waals surface area contributed by atoms with Crippen molar-refractivity contribution in [1.82, 2.24) is 5.16 Å². The molecule has 0 atom stereocenters. The summed E-state index contributed by atoms with van der Waals surface area (Å²) in [6.07, 6.45) is 0. The number of carbonyl (C=O) groups excluding carboxylic acids is 1. The summed E-state index contributed by atoms with van der Waals surface area (Å²) in [4.78, 5) is 24.1. The highest BCUT2D eigenvalue weighted by molar-refractivity contribution is 6.06. The van der Waals surface area contributed by atoms with Gasteiger partial charge in [-0.2, -0.15) is 0 Å². The van der Waals surface area contributed by atoms with Crippen molar-refractivity contribution in [1.29, 1.82) is 0 Å². The number of rotatable bonds is 7. The van der Waals surface area contributed by atoms with E-state index in [9.17, 15) is 14.7 Å². The Kier molecular flexibility index (Phi) is 5.82. The molecule has 8 heteroatoms. The van der Waals surface area contributed by atoms with Crippen molar-refractivity contribution in [3.8, 4) is 11.5 Å². The first-order valence-corrected chi connectivity index (χ1v) is 8.76. The average molecular weight is 396 g/mol. The lowest BCUT2D eigenvalue weighted by Crippen LogP contribution is -2.14. The number of carboxylic acid groups (broad SMARTS) is 1. The minimum atomic E-state index is -1.12. The fourth-order valence-corrected chi connectivity index (χ4v) is 2.75. The van der Waals surface area contributed by atoms with Crippen LogP contribution < -0.4 is 14.8 Å². The summed E-state index contributed by atoms with van der Waals surface area (Å²) in [6.45, 7) is 3.81. The standard InChI is InChI=1S/C21H20N2O6/c1-12-18(13(2)29-23-12)11-28-19-7-5-4-6-17(19)20(24)22-15-8-14(21(25)26)9-16(10-15)27-3/h4-10H,11H2,1-3H3,(H,22,24)(H,25,26). The minimum absolute atomic E-state index is 0.00240. The number of carboxylic acids is 1. The first-order valence-electron chi connectivity index (χ1n) is 8.76. The van der Waals surface area contributed by atoms with Crippen LogP contribution in [0, 0.1) is 13.8 Å². The number of aromatic carboxylic acids is 1. The third kappa shape index (κ3) is 4.55. The van der Waals surface area contributed by atoms with Gasteiger partial charge < -0.3 is 24.4 Å². The number of carbonyl (C=O) groups is 2. The molecule has 1 aromatic heterocycles. The first-order chi connectivity index (χ1) is 13.9. The second kappa shape index (κ2) is 8.47. The molecule has 1 heterocycles. The molecule has 2 N–H and O–H groups in total. The summed E-state index contributed by atoms with van der Waals surface area (Å²) < 4.78 is 16.1. The Morgan fingerprint density at radius 3 is 2.59 bits per heavy atom. The Labute approximate surface area is 167 Å². The van der Waals surface area contributed by atoms with Gasteiger partial charge in [0.05, 0.1) is 29.5 Å². The Morgan fingerprint density at radius 1 is 1.17 bits per heavy atom. The van der Waals surface area contributed by atoms with Crippen molar-refractivity contribution in [2.45, 2.75) is 20.5 Å². The summed E-state index contributed by atoms with van der Waals surface area (Å²) in [6, 6.07) is 11.0. The lowest BCUT2D eigenvalue weighted by Gasteiger charge is -2.13. The summed E-state index contributed by atoms with van der Waals surface area (Å²) >= 11 is 0. The smallest absolute Gasteiger partial charge is 0.335 e. The fourth-order valence-electron chi connectivity index (χ4n) is 2.75. The van der Waals surface area contributed by atoms with Gasteiger partial charge in [-0.3, -0.25) is 4.79 Å². The van der Waals surface area contributed by atoms with Gasteiger partial charge >= 0.3 is 5.97 Å². The van der Waals surface area contributed by atoms with Gasteiger partial charge in [0.1, 0.15) is 23.9 Å². The molecule has 0 aliphatic rings. The predicted molar refractivity (Wildman–Crippen MR) is 105 cm³/mol. The normalized spacial score (nSPS) is 10.4. The van der Waals surface area contributed by atoms with Crippen LogP contribution in [-0.4, -0.2) is 29.2 Å². The van der Waals surface area contributed by atoms with E-state index in [1.165, 1.54) is 25.3 Å². The second-order valence-corrected chi connectivity index (χ2v) is 6.30. The Morgan fingerprint density at radius 2 is 1.93 bits per heavy atom. The van der Waals surface area contributed by atoms with Crippen molar-refractivity contribution >= 4 is 17.6 Å². The van der Waals surface area contributed by atoms with Crippen LogP contribution in [0.1, 0.15) is 37.7 Å². The molecule has 8 nitrogen and oxygen atoms in total. The van der Waals surface area contributed by atoms with Crippen LogP contribution in [0.3, 0.4) is 0 Å². The van der Waals surface area contributed by atoms with Crippen molar-refractivity contribution in [3.63, 3.8) is 0 Å². The minimum Gasteiger partial charge on any atom is -0.497 e. The number of hydrogen-bond donors (Lipinski definition) is 2. The number of amides is 1. The van der Waals surface area contributed by atoms with Gasteiger partial charge in [-0.1, -0.05) is 17.3 Å². The molecule has 0 saturated heterocycles. The fraction of sp³-hybridized carbons (Fsp3) is 0.190. The van der Waals surface area contributed by atoms with E-state index in [0.717, 1.165) is 11.3 Å². The van der Waals surface area contributed by atoms with Gasteiger partial charge in [-0.25, -0.2) is 4.79 Å². The van der Waals surface area contributed by atoms with Gasteiger partial charge in [0, 0.05) is 11.8 Å². The molecule has 0 radical (unpaired) electrons. The predicted octanol–water partition coefficient (Wildman–Crippen LogP) is 3.83. The number of nitrogens with zero attached hydrogens (tertiary/aromatic N) is 1. The zero-order valence-electron chi connectivity index (χ0n) is 16.2. The van der Waals surface area contributed by atoms with Crippen LogP contribution in [0.25, 0.3) is 0 Å². The quantitative estimate of drug-likeness (QED) is 0.624. The van der Waals surface area contributed by atoms with E-state index in [1.54, 1.807) is 31.2 Å². The lowest BCUT2D eigenvalue weighted by molar-refractivity contribution is 0.0696. The largest absolute Gasteiger partial charge is 0.497 e. The van der Waals surface area contributed by atoms with Crippen LogP contribution in [0.2, 0.25) is 0 Å².